The topological polar surface area (TPSA) is 71.1 Å². The summed E-state index contributed by atoms with van der Waals surface area (Å²) in [6, 6.07) is 10.8. The van der Waals surface area contributed by atoms with Crippen LogP contribution in [0, 0.1) is 11.3 Å². The van der Waals surface area contributed by atoms with Gasteiger partial charge in [0.25, 0.3) is 0 Å². The van der Waals surface area contributed by atoms with Gasteiger partial charge in [-0.15, -0.1) is 0 Å². The van der Waals surface area contributed by atoms with Crippen molar-refractivity contribution in [3.8, 4) is 0 Å². The molecule has 14 heteroatoms. The molecule has 2 aromatic rings. The van der Waals surface area contributed by atoms with Crippen LogP contribution in [0.3, 0.4) is 0 Å². The third-order valence-electron chi connectivity index (χ3n) is 6.35. The van der Waals surface area contributed by atoms with E-state index in [-0.39, 0.29) is 11.1 Å². The summed E-state index contributed by atoms with van der Waals surface area (Å²) in [7, 11) is 6.74. The van der Waals surface area contributed by atoms with E-state index in [1.807, 2.05) is 0 Å². The van der Waals surface area contributed by atoms with Crippen molar-refractivity contribution < 1.29 is 54.9 Å². The van der Waals surface area contributed by atoms with E-state index in [2.05, 4.69) is 9.47 Å². The van der Waals surface area contributed by atoms with Gasteiger partial charge in [0.2, 0.25) is 0 Å². The molecule has 0 spiro atoms. The zero-order chi connectivity index (χ0) is 31.0. The van der Waals surface area contributed by atoms with E-state index < -0.39 is 60.7 Å². The lowest BCUT2D eigenvalue weighted by molar-refractivity contribution is -0.197. The molecular weight excluding hydrogens is 598 g/mol. The molecule has 0 amide bonds. The standard InChI is InChI=1S/C27H30F6O6S2/c1-25(15-37-3,24(35)39-5)22(27(31,32)33)17-8-12-19(13-9-17)41-40-18-10-6-16(7-11-18)21(26(28,29)30)20(14-36-2)23(34)38-4/h6-13,20-22H,14-15H2,1-5H3. The summed E-state index contributed by atoms with van der Waals surface area (Å²) in [6.45, 7) is 0.126. The number of esters is 2. The van der Waals surface area contributed by atoms with Crippen molar-refractivity contribution in [2.24, 2.45) is 11.3 Å². The minimum absolute atomic E-state index is 0.147. The van der Waals surface area contributed by atoms with Crippen LogP contribution in [0.25, 0.3) is 0 Å². The van der Waals surface area contributed by atoms with Crippen LogP contribution in [0.2, 0.25) is 0 Å². The molecule has 0 aliphatic heterocycles. The molecule has 2 rings (SSSR count). The highest BCUT2D eigenvalue weighted by Crippen LogP contribution is 2.49. The molecule has 0 fully saturated rings. The number of carbonyl (C=O) groups excluding carboxylic acids is 2. The predicted molar refractivity (Wildman–Crippen MR) is 142 cm³/mol. The summed E-state index contributed by atoms with van der Waals surface area (Å²) in [5.41, 5.74) is -2.33. The van der Waals surface area contributed by atoms with E-state index in [0.29, 0.717) is 9.79 Å². The second kappa shape index (κ2) is 14.7. The molecule has 0 radical (unpaired) electrons. The monoisotopic (exact) mass is 628 g/mol. The highest BCUT2D eigenvalue weighted by atomic mass is 33.1. The fraction of sp³-hybridized carbons (Fsp3) is 0.481. The van der Waals surface area contributed by atoms with Crippen LogP contribution in [0.15, 0.2) is 58.3 Å². The van der Waals surface area contributed by atoms with Gasteiger partial charge in [-0.1, -0.05) is 45.9 Å². The summed E-state index contributed by atoms with van der Waals surface area (Å²) in [4.78, 5) is 25.5. The van der Waals surface area contributed by atoms with Gasteiger partial charge in [0.1, 0.15) is 5.41 Å². The van der Waals surface area contributed by atoms with Crippen LogP contribution in [-0.2, 0) is 28.5 Å². The van der Waals surface area contributed by atoms with Gasteiger partial charge >= 0.3 is 24.3 Å². The molecule has 0 saturated heterocycles. The smallest absolute Gasteiger partial charge is 0.396 e. The quantitative estimate of drug-likeness (QED) is 0.133. The van der Waals surface area contributed by atoms with E-state index in [4.69, 9.17) is 9.47 Å². The van der Waals surface area contributed by atoms with Crippen LogP contribution >= 0.6 is 21.6 Å². The van der Waals surface area contributed by atoms with Gasteiger partial charge in [0.15, 0.2) is 0 Å². The summed E-state index contributed by atoms with van der Waals surface area (Å²) in [6.07, 6.45) is -9.53. The first-order valence-electron chi connectivity index (χ1n) is 12.0. The van der Waals surface area contributed by atoms with Crippen LogP contribution in [0.1, 0.15) is 29.9 Å². The first-order valence-corrected chi connectivity index (χ1v) is 14.1. The Morgan fingerprint density at radius 2 is 1.22 bits per heavy atom. The van der Waals surface area contributed by atoms with Crippen molar-refractivity contribution in [1.29, 1.82) is 0 Å². The lowest BCUT2D eigenvalue weighted by Gasteiger charge is -2.36. The second-order valence-corrected chi connectivity index (χ2v) is 11.5. The Bertz CT molecular complexity index is 1140. The largest absolute Gasteiger partial charge is 0.469 e. The van der Waals surface area contributed by atoms with E-state index in [9.17, 15) is 35.9 Å². The summed E-state index contributed by atoms with van der Waals surface area (Å²) in [5, 5.41) is 0. The maximum atomic E-state index is 14.1. The average Bonchev–Trinajstić information content (AvgIpc) is 2.90. The molecule has 0 aromatic heterocycles. The number of hydrogen-bond acceptors (Lipinski definition) is 8. The average molecular weight is 629 g/mol. The van der Waals surface area contributed by atoms with Gasteiger partial charge in [0, 0.05) is 24.0 Å². The number of methoxy groups -OCH3 is 4. The van der Waals surface area contributed by atoms with Crippen molar-refractivity contribution in [3.05, 3.63) is 59.7 Å². The molecule has 2 aromatic carbocycles. The first kappa shape index (κ1) is 34.8. The number of carbonyl (C=O) groups is 2. The van der Waals surface area contributed by atoms with Crippen molar-refractivity contribution in [3.63, 3.8) is 0 Å². The van der Waals surface area contributed by atoms with Gasteiger partial charge in [0.05, 0.1) is 45.2 Å². The van der Waals surface area contributed by atoms with Crippen LogP contribution in [0.4, 0.5) is 26.3 Å². The molecule has 0 saturated carbocycles. The Balaban J connectivity index is 2.25. The molecule has 4 unspecified atom stereocenters. The molecule has 0 aliphatic rings. The SMILES string of the molecule is COCC(C(=O)OC)C(c1ccc(SSc2ccc(C(C(F)(F)F)C(C)(COC)C(=O)OC)cc2)cc1)C(F)(F)F. The number of benzene rings is 2. The maximum Gasteiger partial charge on any atom is 0.396 e. The van der Waals surface area contributed by atoms with Crippen molar-refractivity contribution in [2.75, 3.05) is 41.7 Å². The van der Waals surface area contributed by atoms with Crippen molar-refractivity contribution >= 4 is 33.5 Å². The zero-order valence-electron chi connectivity index (χ0n) is 22.8. The van der Waals surface area contributed by atoms with E-state index in [1.165, 1.54) is 84.3 Å². The second-order valence-electron chi connectivity index (χ2n) is 9.23. The van der Waals surface area contributed by atoms with Crippen LogP contribution in [0.5, 0.6) is 0 Å². The minimum atomic E-state index is -4.78. The highest BCUT2D eigenvalue weighted by molar-refractivity contribution is 8.76. The fourth-order valence-electron chi connectivity index (χ4n) is 4.53. The van der Waals surface area contributed by atoms with Gasteiger partial charge in [-0.2, -0.15) is 26.3 Å². The van der Waals surface area contributed by atoms with Crippen molar-refractivity contribution in [1.82, 2.24) is 0 Å². The first-order chi connectivity index (χ1) is 19.1. The molecule has 0 heterocycles. The van der Waals surface area contributed by atoms with E-state index >= 15 is 0 Å². The number of hydrogen-bond donors (Lipinski definition) is 0. The third kappa shape index (κ3) is 8.79. The van der Waals surface area contributed by atoms with Crippen LogP contribution < -0.4 is 0 Å². The summed E-state index contributed by atoms with van der Waals surface area (Å²) in [5.74, 6) is -8.05. The lowest BCUT2D eigenvalue weighted by Crippen LogP contribution is -2.45. The molecule has 6 nitrogen and oxygen atoms in total. The number of halogens is 6. The minimum Gasteiger partial charge on any atom is -0.469 e. The molecule has 0 aliphatic carbocycles. The normalized spacial score (nSPS) is 15.9. The van der Waals surface area contributed by atoms with E-state index in [1.54, 1.807) is 0 Å². The third-order valence-corrected chi connectivity index (χ3v) is 8.77. The molecule has 0 N–H and O–H groups in total. The Morgan fingerprint density at radius 3 is 1.59 bits per heavy atom. The van der Waals surface area contributed by atoms with Gasteiger partial charge in [-0.3, -0.25) is 9.59 Å². The number of alkyl halides is 6. The highest BCUT2D eigenvalue weighted by Gasteiger charge is 2.56. The number of ether oxygens (including phenoxy) is 4. The predicted octanol–water partition coefficient (Wildman–Crippen LogP) is 7.04. The van der Waals surface area contributed by atoms with Crippen LogP contribution in [-0.4, -0.2) is 65.9 Å². The number of rotatable bonds is 13. The summed E-state index contributed by atoms with van der Waals surface area (Å²) >= 11 is 0. The maximum absolute atomic E-state index is 14.1. The lowest BCUT2D eigenvalue weighted by atomic mass is 9.73. The Labute approximate surface area is 241 Å². The molecular formula is C27H30F6O6S2. The van der Waals surface area contributed by atoms with Gasteiger partial charge in [-0.25, -0.2) is 0 Å². The Kier molecular flexibility index (Phi) is 12.4. The Hall–Kier alpha value is -2.42. The summed E-state index contributed by atoms with van der Waals surface area (Å²) < 4.78 is 103. The fourth-order valence-corrected chi connectivity index (χ4v) is 6.47. The molecule has 4 atom stereocenters. The van der Waals surface area contributed by atoms with Gasteiger partial charge in [-0.05, 0) is 42.3 Å². The molecule has 228 valence electrons. The van der Waals surface area contributed by atoms with Crippen molar-refractivity contribution in [2.45, 2.75) is 40.9 Å². The zero-order valence-corrected chi connectivity index (χ0v) is 24.4. The Morgan fingerprint density at radius 1 is 0.732 bits per heavy atom. The molecule has 41 heavy (non-hydrogen) atoms. The van der Waals surface area contributed by atoms with E-state index in [0.717, 1.165) is 21.1 Å². The van der Waals surface area contributed by atoms with Gasteiger partial charge < -0.3 is 18.9 Å². The molecule has 0 bridgehead atoms.